The first kappa shape index (κ1) is 21.4. The number of likely N-dealkylation sites (tertiary alicyclic amines) is 1. The minimum Gasteiger partial charge on any atom is -0.361 e. The zero-order valence-electron chi connectivity index (χ0n) is 17.2. The maximum atomic E-state index is 12.7. The molecule has 1 saturated heterocycles. The summed E-state index contributed by atoms with van der Waals surface area (Å²) in [6, 6.07) is 7.27. The van der Waals surface area contributed by atoms with Gasteiger partial charge in [0.1, 0.15) is 5.76 Å². The molecule has 0 aliphatic carbocycles. The number of benzene rings is 1. The van der Waals surface area contributed by atoms with E-state index >= 15 is 0 Å². The van der Waals surface area contributed by atoms with Crippen molar-refractivity contribution in [2.24, 2.45) is 0 Å². The van der Waals surface area contributed by atoms with Gasteiger partial charge in [0.15, 0.2) is 0 Å². The maximum absolute atomic E-state index is 12.7. The third-order valence-corrected chi connectivity index (χ3v) is 5.87. The normalized spacial score (nSPS) is 14.5. The van der Waals surface area contributed by atoms with Gasteiger partial charge < -0.3 is 14.7 Å². The van der Waals surface area contributed by atoms with Crippen molar-refractivity contribution in [1.82, 2.24) is 20.0 Å². The molecule has 0 spiro atoms. The van der Waals surface area contributed by atoms with Crippen LogP contribution in [0.25, 0.3) is 11.3 Å². The van der Waals surface area contributed by atoms with Crippen molar-refractivity contribution in [3.8, 4) is 11.3 Å². The van der Waals surface area contributed by atoms with Crippen LogP contribution in [-0.4, -0.2) is 45.1 Å². The molecule has 3 heterocycles. The quantitative estimate of drug-likeness (QED) is 0.533. The highest BCUT2D eigenvalue weighted by Gasteiger charge is 2.25. The minimum absolute atomic E-state index is 0.0167. The van der Waals surface area contributed by atoms with E-state index in [4.69, 9.17) is 27.9 Å². The van der Waals surface area contributed by atoms with Crippen LogP contribution in [0, 0.1) is 13.8 Å². The van der Waals surface area contributed by atoms with Crippen LogP contribution >= 0.6 is 23.4 Å². The second-order valence-corrected chi connectivity index (χ2v) is 8.07. The number of nitrogens with zero attached hydrogens (tertiary/aromatic N) is 4. The Morgan fingerprint density at radius 3 is 2.52 bits per heavy atom. The summed E-state index contributed by atoms with van der Waals surface area (Å²) in [6.07, 6.45) is 3.16. The van der Waals surface area contributed by atoms with Gasteiger partial charge in [0.25, 0.3) is 5.91 Å². The van der Waals surface area contributed by atoms with E-state index in [0.717, 1.165) is 29.8 Å². The topological polar surface area (TPSA) is 96.2 Å². The zero-order chi connectivity index (χ0) is 22.0. The summed E-state index contributed by atoms with van der Waals surface area (Å²) in [6.45, 7) is 4.98. The third-order valence-electron chi connectivity index (χ3n) is 5.37. The molecule has 0 radical (unpaired) electrons. The lowest BCUT2D eigenvalue weighted by molar-refractivity contribution is 0.0718. The fraction of sp³-hybridized carbons (Fsp3) is 0.333. The predicted octanol–water partition coefficient (Wildman–Crippen LogP) is 4.68. The van der Waals surface area contributed by atoms with Gasteiger partial charge in [0, 0.05) is 42.2 Å². The standard InChI is InChI=1S/C21H22Cl2N6O2/c1-12-18(13(2)31-28-12)19-17(22)11-24-21(26-19)25-15-7-9-29(10-8-15)20(30)14-3-5-16(27-23)6-4-14/h3-6,11,15,27H,7-10H2,1-2H3,(H,24,25,26). The number of hydrogen-bond donors (Lipinski definition) is 2. The Hall–Kier alpha value is -2.84. The van der Waals surface area contributed by atoms with Crippen LogP contribution in [0.3, 0.4) is 0 Å². The number of piperidine rings is 1. The van der Waals surface area contributed by atoms with Crippen LogP contribution in [0.5, 0.6) is 0 Å². The van der Waals surface area contributed by atoms with E-state index < -0.39 is 0 Å². The average Bonchev–Trinajstić information content (AvgIpc) is 3.13. The average molecular weight is 461 g/mol. The molecule has 1 aliphatic rings. The highest BCUT2D eigenvalue weighted by Crippen LogP contribution is 2.31. The van der Waals surface area contributed by atoms with E-state index in [1.54, 1.807) is 30.5 Å². The number of aryl methyl sites for hydroxylation is 2. The number of nitrogens with one attached hydrogen (secondary N) is 2. The summed E-state index contributed by atoms with van der Waals surface area (Å²) in [5, 5.41) is 7.79. The van der Waals surface area contributed by atoms with Crippen molar-refractivity contribution in [3.63, 3.8) is 0 Å². The number of halogens is 2. The second kappa shape index (κ2) is 9.11. The molecular weight excluding hydrogens is 439 g/mol. The molecule has 0 bridgehead atoms. The summed E-state index contributed by atoms with van der Waals surface area (Å²) in [5.74, 6) is 1.17. The summed E-state index contributed by atoms with van der Waals surface area (Å²) in [4.78, 5) is 26.0. The van der Waals surface area contributed by atoms with E-state index in [2.05, 4.69) is 25.3 Å². The highest BCUT2D eigenvalue weighted by molar-refractivity contribution is 6.33. The number of amides is 1. The molecule has 3 aromatic rings. The Kier molecular flexibility index (Phi) is 6.29. The Balaban J connectivity index is 1.40. The van der Waals surface area contributed by atoms with Gasteiger partial charge in [-0.05, 0) is 51.0 Å². The molecule has 0 saturated carbocycles. The summed E-state index contributed by atoms with van der Waals surface area (Å²) >= 11 is 11.9. The van der Waals surface area contributed by atoms with Crippen LogP contribution in [0.15, 0.2) is 35.0 Å². The fourth-order valence-corrected chi connectivity index (χ4v) is 4.01. The molecule has 10 heteroatoms. The SMILES string of the molecule is Cc1noc(C)c1-c1nc(NC2CCN(C(=O)c3ccc(NCl)cc3)CC2)ncc1Cl. The first-order chi connectivity index (χ1) is 15.0. The molecule has 1 aromatic carbocycles. The van der Waals surface area contributed by atoms with Crippen molar-refractivity contribution in [2.45, 2.75) is 32.7 Å². The van der Waals surface area contributed by atoms with E-state index in [-0.39, 0.29) is 11.9 Å². The van der Waals surface area contributed by atoms with Crippen LogP contribution in [0.1, 0.15) is 34.7 Å². The first-order valence-corrected chi connectivity index (χ1v) is 10.7. The van der Waals surface area contributed by atoms with Crippen molar-refractivity contribution in [1.29, 1.82) is 0 Å². The Bertz CT molecular complexity index is 1060. The van der Waals surface area contributed by atoms with Crippen molar-refractivity contribution in [2.75, 3.05) is 23.2 Å². The molecule has 2 aromatic heterocycles. The van der Waals surface area contributed by atoms with E-state index in [0.29, 0.717) is 41.1 Å². The Morgan fingerprint density at radius 1 is 1.19 bits per heavy atom. The smallest absolute Gasteiger partial charge is 0.253 e. The number of aromatic nitrogens is 3. The van der Waals surface area contributed by atoms with Gasteiger partial charge in [-0.1, -0.05) is 16.8 Å². The zero-order valence-corrected chi connectivity index (χ0v) is 18.7. The van der Waals surface area contributed by atoms with Gasteiger partial charge in [-0.3, -0.25) is 9.63 Å². The predicted molar refractivity (Wildman–Crippen MR) is 120 cm³/mol. The molecule has 1 aliphatic heterocycles. The van der Waals surface area contributed by atoms with Gasteiger partial charge in [-0.2, -0.15) is 0 Å². The molecule has 1 fully saturated rings. The van der Waals surface area contributed by atoms with Crippen molar-refractivity contribution >= 4 is 40.9 Å². The minimum atomic E-state index is 0.0167. The van der Waals surface area contributed by atoms with Gasteiger partial charge in [0.05, 0.1) is 28.2 Å². The van der Waals surface area contributed by atoms with Gasteiger partial charge in [-0.25, -0.2) is 9.97 Å². The van der Waals surface area contributed by atoms with E-state index in [1.165, 1.54) is 0 Å². The molecular formula is C21H22Cl2N6O2. The fourth-order valence-electron chi connectivity index (χ4n) is 3.70. The van der Waals surface area contributed by atoms with Crippen molar-refractivity contribution < 1.29 is 9.32 Å². The molecule has 0 atom stereocenters. The molecule has 31 heavy (non-hydrogen) atoms. The molecule has 4 rings (SSSR count). The third kappa shape index (κ3) is 4.60. The van der Waals surface area contributed by atoms with E-state index in [9.17, 15) is 4.79 Å². The summed E-state index contributed by atoms with van der Waals surface area (Å²) in [5.41, 5.74) is 3.50. The Labute approximate surface area is 190 Å². The molecule has 2 N–H and O–H groups in total. The first-order valence-electron chi connectivity index (χ1n) is 9.94. The number of anilines is 2. The van der Waals surface area contributed by atoms with Crippen LogP contribution < -0.4 is 10.2 Å². The van der Waals surface area contributed by atoms with Gasteiger partial charge >= 0.3 is 0 Å². The van der Waals surface area contributed by atoms with Crippen molar-refractivity contribution in [3.05, 3.63) is 52.5 Å². The van der Waals surface area contributed by atoms with Crippen LogP contribution in [-0.2, 0) is 0 Å². The maximum Gasteiger partial charge on any atom is 0.253 e. The van der Waals surface area contributed by atoms with Crippen LogP contribution in [0.2, 0.25) is 5.02 Å². The monoisotopic (exact) mass is 460 g/mol. The Morgan fingerprint density at radius 2 is 1.90 bits per heavy atom. The lowest BCUT2D eigenvalue weighted by Crippen LogP contribution is -2.42. The molecule has 8 nitrogen and oxygen atoms in total. The highest BCUT2D eigenvalue weighted by atomic mass is 35.5. The summed E-state index contributed by atoms with van der Waals surface area (Å²) in [7, 11) is 0. The van der Waals surface area contributed by atoms with Crippen LogP contribution in [0.4, 0.5) is 11.6 Å². The lowest BCUT2D eigenvalue weighted by Gasteiger charge is -2.32. The molecule has 0 unspecified atom stereocenters. The molecule has 162 valence electrons. The number of carbonyl (C=O) groups is 1. The summed E-state index contributed by atoms with van der Waals surface area (Å²) < 4.78 is 5.24. The number of rotatable bonds is 5. The lowest BCUT2D eigenvalue weighted by atomic mass is 10.0. The number of hydrogen-bond acceptors (Lipinski definition) is 7. The molecule has 1 amide bonds. The van der Waals surface area contributed by atoms with Gasteiger partial charge in [-0.15, -0.1) is 0 Å². The van der Waals surface area contributed by atoms with E-state index in [1.807, 2.05) is 18.7 Å². The largest absolute Gasteiger partial charge is 0.361 e. The number of carbonyl (C=O) groups excluding carboxylic acids is 1. The van der Waals surface area contributed by atoms with Gasteiger partial charge in [0.2, 0.25) is 5.95 Å². The second-order valence-electron chi connectivity index (χ2n) is 7.47.